The molecule has 1 heterocycles. The maximum atomic E-state index is 12.8. The summed E-state index contributed by atoms with van der Waals surface area (Å²) in [5.74, 6) is 0.281. The van der Waals surface area contributed by atoms with E-state index in [1.807, 2.05) is 27.7 Å². The van der Waals surface area contributed by atoms with E-state index >= 15 is 0 Å². The van der Waals surface area contributed by atoms with Crippen molar-refractivity contribution in [2.24, 2.45) is 11.8 Å². The van der Waals surface area contributed by atoms with Crippen LogP contribution in [0.25, 0.3) is 11.0 Å². The zero-order valence-corrected chi connectivity index (χ0v) is 18.9. The van der Waals surface area contributed by atoms with Crippen molar-refractivity contribution >= 4 is 23.0 Å². The molecule has 0 spiro atoms. The summed E-state index contributed by atoms with van der Waals surface area (Å²) in [7, 11) is 0. The maximum Gasteiger partial charge on any atom is 0.407 e. The second-order valence-electron chi connectivity index (χ2n) is 9.41. The average molecular weight is 430 g/mol. The third-order valence-corrected chi connectivity index (χ3v) is 5.47. The number of carbonyl (C=O) groups is 2. The molecule has 1 aromatic carbocycles. The molecule has 0 radical (unpaired) electrons. The van der Waals surface area contributed by atoms with E-state index in [0.29, 0.717) is 47.6 Å². The van der Waals surface area contributed by atoms with Crippen molar-refractivity contribution < 1.29 is 23.5 Å². The topological polar surface area (TPSA) is 94.8 Å². The largest absolute Gasteiger partial charge is 0.444 e. The Labute approximate surface area is 182 Å². The molecule has 1 amide bonds. The zero-order valence-electron chi connectivity index (χ0n) is 18.9. The molecule has 1 fully saturated rings. The minimum Gasteiger partial charge on any atom is -0.444 e. The molecule has 1 saturated carbocycles. The smallest absolute Gasteiger partial charge is 0.407 e. The van der Waals surface area contributed by atoms with E-state index in [0.717, 1.165) is 18.4 Å². The third kappa shape index (κ3) is 6.09. The number of amides is 1. The van der Waals surface area contributed by atoms with Gasteiger partial charge in [0.2, 0.25) is 0 Å². The summed E-state index contributed by atoms with van der Waals surface area (Å²) >= 11 is 0. The minimum atomic E-state index is -0.521. The highest BCUT2D eigenvalue weighted by Crippen LogP contribution is 2.33. The number of nitrogens with one attached hydrogen (secondary N) is 1. The van der Waals surface area contributed by atoms with Crippen molar-refractivity contribution in [3.05, 3.63) is 39.7 Å². The molecule has 1 aliphatic carbocycles. The van der Waals surface area contributed by atoms with E-state index in [1.165, 1.54) is 6.07 Å². The van der Waals surface area contributed by atoms with Crippen LogP contribution in [0.15, 0.2) is 27.4 Å². The molecule has 1 aliphatic rings. The Morgan fingerprint density at radius 3 is 2.42 bits per heavy atom. The lowest BCUT2D eigenvalue weighted by Crippen LogP contribution is -2.36. The van der Waals surface area contributed by atoms with Gasteiger partial charge in [0.15, 0.2) is 0 Å². The van der Waals surface area contributed by atoms with Crippen LogP contribution >= 0.6 is 0 Å². The molecule has 31 heavy (non-hydrogen) atoms. The first-order valence-corrected chi connectivity index (χ1v) is 10.8. The lowest BCUT2D eigenvalue weighted by atomic mass is 9.82. The molecular formula is C24H31NO6. The fourth-order valence-corrected chi connectivity index (χ4v) is 3.99. The van der Waals surface area contributed by atoms with Gasteiger partial charge in [0.1, 0.15) is 16.9 Å². The van der Waals surface area contributed by atoms with Crippen molar-refractivity contribution in [2.75, 3.05) is 6.54 Å². The fraction of sp³-hybridized carbons (Fsp3) is 0.542. The lowest BCUT2D eigenvalue weighted by molar-refractivity contribution is -0.140. The monoisotopic (exact) mass is 429 g/mol. The van der Waals surface area contributed by atoms with Gasteiger partial charge in [-0.25, -0.2) is 9.59 Å². The first-order valence-electron chi connectivity index (χ1n) is 10.8. The lowest BCUT2D eigenvalue weighted by Gasteiger charge is -2.28. The van der Waals surface area contributed by atoms with Crippen LogP contribution in [0.2, 0.25) is 0 Å². The van der Waals surface area contributed by atoms with Gasteiger partial charge in [-0.15, -0.1) is 0 Å². The zero-order chi connectivity index (χ0) is 22.8. The highest BCUT2D eigenvalue weighted by molar-refractivity contribution is 5.90. The highest BCUT2D eigenvalue weighted by Gasteiger charge is 2.29. The van der Waals surface area contributed by atoms with E-state index < -0.39 is 17.3 Å². The number of aryl methyl sites for hydroxylation is 2. The number of fused-ring (bicyclic) bond motifs is 1. The Kier molecular flexibility index (Phi) is 6.72. The molecule has 7 heteroatoms. The first kappa shape index (κ1) is 22.8. The predicted octanol–water partition coefficient (Wildman–Crippen LogP) is 4.65. The summed E-state index contributed by atoms with van der Waals surface area (Å²) in [5.41, 5.74) is 1.04. The molecule has 1 aromatic heterocycles. The number of benzene rings is 1. The van der Waals surface area contributed by atoms with Crippen LogP contribution < -0.4 is 15.7 Å². The summed E-state index contributed by atoms with van der Waals surface area (Å²) in [6.07, 6.45) is 2.66. The van der Waals surface area contributed by atoms with Crippen molar-refractivity contribution in [3.8, 4) is 5.75 Å². The third-order valence-electron chi connectivity index (χ3n) is 5.47. The number of hydrogen-bond donors (Lipinski definition) is 1. The number of rotatable bonds is 4. The van der Waals surface area contributed by atoms with Crippen LogP contribution in [0.4, 0.5) is 4.79 Å². The molecule has 2 aromatic rings. The normalized spacial score (nSPS) is 19.1. The number of alkyl carbamates (subject to hydrolysis) is 1. The molecule has 0 unspecified atom stereocenters. The van der Waals surface area contributed by atoms with E-state index in [1.54, 1.807) is 19.1 Å². The Bertz CT molecular complexity index is 1020. The number of hydrogen-bond acceptors (Lipinski definition) is 6. The predicted molar refractivity (Wildman–Crippen MR) is 117 cm³/mol. The van der Waals surface area contributed by atoms with E-state index in [-0.39, 0.29) is 11.9 Å². The van der Waals surface area contributed by atoms with E-state index in [9.17, 15) is 14.4 Å². The summed E-state index contributed by atoms with van der Waals surface area (Å²) in [6.45, 7) is 9.69. The number of carbonyl (C=O) groups excluding carboxylic acids is 2. The van der Waals surface area contributed by atoms with Gasteiger partial charge >= 0.3 is 17.7 Å². The van der Waals surface area contributed by atoms with Crippen LogP contribution in [0.1, 0.15) is 57.6 Å². The molecular weight excluding hydrogens is 398 g/mol. The minimum absolute atomic E-state index is 0.190. The standard InChI is InChI=1S/C24H31NO6/c1-14-10-18-21(15(2)12-20(26)29-18)19(11-14)30-22(27)17-8-6-16(7-9-17)13-25-23(28)31-24(3,4)5/h10-12,16-17H,6-9,13H2,1-5H3,(H,25,28). The van der Waals surface area contributed by atoms with Gasteiger partial charge in [0, 0.05) is 12.6 Å². The maximum absolute atomic E-state index is 12.8. The summed E-state index contributed by atoms with van der Waals surface area (Å²) in [5, 5.41) is 3.46. The van der Waals surface area contributed by atoms with Crippen LogP contribution in [-0.4, -0.2) is 24.2 Å². The molecule has 0 aliphatic heterocycles. The number of ether oxygens (including phenoxy) is 2. The molecule has 1 N–H and O–H groups in total. The van der Waals surface area contributed by atoms with Crippen molar-refractivity contribution in [2.45, 2.75) is 65.9 Å². The molecule has 0 bridgehead atoms. The summed E-state index contributed by atoms with van der Waals surface area (Å²) in [6, 6.07) is 4.96. The van der Waals surface area contributed by atoms with Crippen molar-refractivity contribution in [3.63, 3.8) is 0 Å². The van der Waals surface area contributed by atoms with Crippen LogP contribution in [0.3, 0.4) is 0 Å². The van der Waals surface area contributed by atoms with Gasteiger partial charge in [-0.3, -0.25) is 4.79 Å². The van der Waals surface area contributed by atoms with Crippen LogP contribution in [0, 0.1) is 25.7 Å². The van der Waals surface area contributed by atoms with Crippen LogP contribution in [0.5, 0.6) is 5.75 Å². The van der Waals surface area contributed by atoms with Gasteiger partial charge in [0.05, 0.1) is 11.3 Å². The van der Waals surface area contributed by atoms with Gasteiger partial charge in [-0.2, -0.15) is 0 Å². The van der Waals surface area contributed by atoms with Gasteiger partial charge in [-0.05, 0) is 89.5 Å². The van der Waals surface area contributed by atoms with Crippen molar-refractivity contribution in [1.29, 1.82) is 0 Å². The summed E-state index contributed by atoms with van der Waals surface area (Å²) < 4.78 is 16.3. The quantitative estimate of drug-likeness (QED) is 0.432. The number of esters is 1. The molecule has 0 saturated heterocycles. The van der Waals surface area contributed by atoms with Crippen LogP contribution in [-0.2, 0) is 9.53 Å². The first-order chi connectivity index (χ1) is 14.5. The Morgan fingerprint density at radius 1 is 1.10 bits per heavy atom. The summed E-state index contributed by atoms with van der Waals surface area (Å²) in [4.78, 5) is 36.3. The molecule has 168 valence electrons. The Hall–Kier alpha value is -2.83. The molecule has 3 rings (SSSR count). The van der Waals surface area contributed by atoms with E-state index in [2.05, 4.69) is 5.32 Å². The molecule has 7 nitrogen and oxygen atoms in total. The SMILES string of the molecule is Cc1cc(OC(=O)C2CCC(CNC(=O)OC(C)(C)C)CC2)c2c(C)cc(=O)oc2c1. The van der Waals surface area contributed by atoms with E-state index in [4.69, 9.17) is 13.9 Å². The highest BCUT2D eigenvalue weighted by atomic mass is 16.6. The van der Waals surface area contributed by atoms with Gasteiger partial charge in [-0.1, -0.05) is 0 Å². The average Bonchev–Trinajstić information content (AvgIpc) is 2.64. The fourth-order valence-electron chi connectivity index (χ4n) is 3.99. The second-order valence-corrected chi connectivity index (χ2v) is 9.41. The molecule has 0 atom stereocenters. The van der Waals surface area contributed by atoms with Gasteiger partial charge < -0.3 is 19.2 Å². The second kappa shape index (κ2) is 9.12. The Morgan fingerprint density at radius 2 is 1.77 bits per heavy atom. The Balaban J connectivity index is 1.59. The van der Waals surface area contributed by atoms with Gasteiger partial charge in [0.25, 0.3) is 0 Å². The van der Waals surface area contributed by atoms with Crippen molar-refractivity contribution in [1.82, 2.24) is 5.32 Å².